The number of hydrogen-bond donors (Lipinski definition) is 2. The van der Waals surface area contributed by atoms with Crippen LogP contribution in [0.3, 0.4) is 0 Å². The number of esters is 4. The SMILES string of the molecule is NCC(=O)OC(=O)/C=C/C(=O)OC(=O)CN.[NaH].[NaH]. The molecule has 0 heterocycles. The first-order valence-corrected chi connectivity index (χ1v) is 4.07. The Bertz CT molecular complexity index is 312. The van der Waals surface area contributed by atoms with Gasteiger partial charge in [0.1, 0.15) is 0 Å². The number of rotatable bonds is 4. The molecule has 0 saturated carbocycles. The number of ether oxygens (including phenoxy) is 2. The summed E-state index contributed by atoms with van der Waals surface area (Å²) in [6.45, 7) is -0.925. The van der Waals surface area contributed by atoms with E-state index in [4.69, 9.17) is 11.5 Å². The maximum absolute atomic E-state index is 10.8. The van der Waals surface area contributed by atoms with E-state index in [0.29, 0.717) is 12.2 Å². The average Bonchev–Trinajstić information content (AvgIpc) is 2.26. The van der Waals surface area contributed by atoms with Gasteiger partial charge in [-0.25, -0.2) is 9.59 Å². The maximum atomic E-state index is 10.8. The predicted molar refractivity (Wildman–Crippen MR) is 63.7 cm³/mol. The molecule has 0 bridgehead atoms. The third kappa shape index (κ3) is 12.4. The fourth-order valence-corrected chi connectivity index (χ4v) is 0.512. The predicted octanol–water partition coefficient (Wildman–Crippen LogP) is -3.70. The number of hydrogen-bond acceptors (Lipinski definition) is 8. The summed E-state index contributed by atoms with van der Waals surface area (Å²) >= 11 is 0. The first kappa shape index (κ1) is 23.1. The van der Waals surface area contributed by atoms with E-state index in [2.05, 4.69) is 9.47 Å². The van der Waals surface area contributed by atoms with E-state index in [-0.39, 0.29) is 59.1 Å². The molecule has 0 atom stereocenters. The van der Waals surface area contributed by atoms with E-state index in [0.717, 1.165) is 0 Å². The van der Waals surface area contributed by atoms with Crippen LogP contribution in [0.25, 0.3) is 0 Å². The van der Waals surface area contributed by atoms with Gasteiger partial charge in [-0.1, -0.05) is 0 Å². The minimum absolute atomic E-state index is 0. The molecule has 0 fully saturated rings. The second kappa shape index (κ2) is 13.4. The summed E-state index contributed by atoms with van der Waals surface area (Å²) in [5.41, 5.74) is 9.72. The van der Waals surface area contributed by atoms with Gasteiger partial charge in [0, 0.05) is 12.2 Å². The first-order chi connectivity index (χ1) is 7.49. The molecular weight excluding hydrogens is 266 g/mol. The molecular formula is C8H12N2Na2O6. The van der Waals surface area contributed by atoms with Crippen LogP contribution in [-0.2, 0) is 28.7 Å². The summed E-state index contributed by atoms with van der Waals surface area (Å²) in [5, 5.41) is 0. The van der Waals surface area contributed by atoms with Crippen LogP contribution in [-0.4, -0.2) is 96.1 Å². The molecule has 0 aliphatic rings. The van der Waals surface area contributed by atoms with Crippen molar-refractivity contribution in [3.63, 3.8) is 0 Å². The monoisotopic (exact) mass is 278 g/mol. The molecule has 0 aromatic heterocycles. The van der Waals surface area contributed by atoms with Crippen LogP contribution >= 0.6 is 0 Å². The summed E-state index contributed by atoms with van der Waals surface area (Å²) in [6, 6.07) is 0. The van der Waals surface area contributed by atoms with Crippen molar-refractivity contribution < 1.29 is 28.7 Å². The molecule has 0 saturated heterocycles. The average molecular weight is 278 g/mol. The number of carbonyl (C=O) groups is 4. The van der Waals surface area contributed by atoms with Crippen molar-refractivity contribution in [3.8, 4) is 0 Å². The van der Waals surface area contributed by atoms with Crippen LogP contribution in [0.15, 0.2) is 12.2 Å². The fraction of sp³-hybridized carbons (Fsp3) is 0.250. The van der Waals surface area contributed by atoms with Crippen molar-refractivity contribution >= 4 is 83.0 Å². The Hall–Kier alpha value is -0.0600. The summed E-state index contributed by atoms with van der Waals surface area (Å²) in [6.07, 6.45) is 1.25. The first-order valence-electron chi connectivity index (χ1n) is 4.07. The molecule has 0 rings (SSSR count). The van der Waals surface area contributed by atoms with Crippen molar-refractivity contribution in [1.82, 2.24) is 0 Å². The number of carbonyl (C=O) groups excluding carboxylic acids is 4. The molecule has 0 aromatic rings. The Morgan fingerprint density at radius 1 is 0.778 bits per heavy atom. The fourth-order valence-electron chi connectivity index (χ4n) is 0.512. The standard InChI is InChI=1S/C8H10N2O6.2Na.2H/c9-3-7(13)15-5(11)1-2-6(12)16-8(14)4-10;;;;/h1-2H,3-4,9-10H2;;;;/b2-1+;;;;. The summed E-state index contributed by atoms with van der Waals surface area (Å²) in [5.74, 6) is -4.07. The van der Waals surface area contributed by atoms with Gasteiger partial charge in [-0.2, -0.15) is 0 Å². The second-order valence-electron chi connectivity index (χ2n) is 2.33. The molecule has 0 aliphatic heterocycles. The molecule has 0 unspecified atom stereocenters. The van der Waals surface area contributed by atoms with Crippen LogP contribution in [0.2, 0.25) is 0 Å². The van der Waals surface area contributed by atoms with Gasteiger partial charge in [0.05, 0.1) is 13.1 Å². The van der Waals surface area contributed by atoms with E-state index in [1.54, 1.807) is 0 Å². The molecule has 0 spiro atoms. The zero-order valence-electron chi connectivity index (χ0n) is 8.17. The summed E-state index contributed by atoms with van der Waals surface area (Å²) in [4.78, 5) is 42.5. The van der Waals surface area contributed by atoms with Gasteiger partial charge in [-0.3, -0.25) is 9.59 Å². The molecule has 8 nitrogen and oxygen atoms in total. The van der Waals surface area contributed by atoms with Gasteiger partial charge in [0.2, 0.25) is 0 Å². The zero-order valence-corrected chi connectivity index (χ0v) is 8.17. The van der Waals surface area contributed by atoms with Crippen LogP contribution in [0.5, 0.6) is 0 Å². The summed E-state index contributed by atoms with van der Waals surface area (Å²) < 4.78 is 8.15. The Morgan fingerprint density at radius 3 is 1.28 bits per heavy atom. The molecule has 92 valence electrons. The molecule has 0 aromatic carbocycles. The topological polar surface area (TPSA) is 139 Å². The van der Waals surface area contributed by atoms with Crippen LogP contribution in [0.4, 0.5) is 0 Å². The second-order valence-corrected chi connectivity index (χ2v) is 2.33. The molecule has 18 heavy (non-hydrogen) atoms. The zero-order chi connectivity index (χ0) is 12.6. The van der Waals surface area contributed by atoms with Crippen molar-refractivity contribution in [3.05, 3.63) is 12.2 Å². The van der Waals surface area contributed by atoms with Gasteiger partial charge in [0.15, 0.2) is 0 Å². The Balaban J connectivity index is -0.00000112. The van der Waals surface area contributed by atoms with Gasteiger partial charge < -0.3 is 20.9 Å². The summed E-state index contributed by atoms with van der Waals surface area (Å²) in [7, 11) is 0. The molecule has 4 N–H and O–H groups in total. The van der Waals surface area contributed by atoms with Crippen LogP contribution in [0.1, 0.15) is 0 Å². The Labute approximate surface area is 147 Å². The molecule has 0 aliphatic carbocycles. The molecule has 10 heteroatoms. The van der Waals surface area contributed by atoms with E-state index in [1.165, 1.54) is 0 Å². The van der Waals surface area contributed by atoms with Crippen LogP contribution in [0, 0.1) is 0 Å². The molecule has 0 radical (unpaired) electrons. The van der Waals surface area contributed by atoms with Gasteiger partial charge in [-0.05, 0) is 0 Å². The van der Waals surface area contributed by atoms with Crippen molar-refractivity contribution in [2.75, 3.05) is 13.1 Å². The van der Waals surface area contributed by atoms with E-state index < -0.39 is 37.0 Å². The minimum atomic E-state index is -1.09. The molecule has 0 amide bonds. The van der Waals surface area contributed by atoms with E-state index >= 15 is 0 Å². The number of nitrogens with two attached hydrogens (primary N) is 2. The quantitative estimate of drug-likeness (QED) is 0.232. The van der Waals surface area contributed by atoms with E-state index in [1.807, 2.05) is 0 Å². The Kier molecular flexibility index (Phi) is 17.1. The normalized spacial score (nSPS) is 8.78. The van der Waals surface area contributed by atoms with Gasteiger partial charge in [-0.15, -0.1) is 0 Å². The van der Waals surface area contributed by atoms with E-state index in [9.17, 15) is 19.2 Å². The van der Waals surface area contributed by atoms with Crippen molar-refractivity contribution in [2.24, 2.45) is 11.5 Å². The van der Waals surface area contributed by atoms with Crippen molar-refractivity contribution in [1.29, 1.82) is 0 Å². The van der Waals surface area contributed by atoms with Gasteiger partial charge >= 0.3 is 83.0 Å². The third-order valence-corrected chi connectivity index (χ3v) is 1.12. The van der Waals surface area contributed by atoms with Crippen LogP contribution < -0.4 is 11.5 Å². The third-order valence-electron chi connectivity index (χ3n) is 1.12. The van der Waals surface area contributed by atoms with Gasteiger partial charge in [0.25, 0.3) is 0 Å². The van der Waals surface area contributed by atoms with Crippen molar-refractivity contribution in [2.45, 2.75) is 0 Å². The Morgan fingerprint density at radius 2 is 1.06 bits per heavy atom.